The number of urea groups is 1. The van der Waals surface area contributed by atoms with Gasteiger partial charge >= 0.3 is 6.03 Å². The molecule has 1 saturated heterocycles. The molecule has 1 atom stereocenters. The molecule has 34 heavy (non-hydrogen) atoms. The van der Waals surface area contributed by atoms with Crippen LogP contribution >= 0.6 is 23.4 Å². The predicted octanol–water partition coefficient (Wildman–Crippen LogP) is 5.64. The number of carbonyl (C=O) groups is 2. The Balaban J connectivity index is 1.54. The molecule has 0 aliphatic carbocycles. The van der Waals surface area contributed by atoms with Crippen molar-refractivity contribution in [1.29, 1.82) is 0 Å². The number of anilines is 2. The number of halogens is 1. The van der Waals surface area contributed by atoms with Crippen molar-refractivity contribution < 1.29 is 14.3 Å². The summed E-state index contributed by atoms with van der Waals surface area (Å²) in [4.78, 5) is 29.8. The number of nitrogens with one attached hydrogen (secondary N) is 1. The van der Waals surface area contributed by atoms with Crippen LogP contribution in [0.4, 0.5) is 16.2 Å². The summed E-state index contributed by atoms with van der Waals surface area (Å²) in [6.45, 7) is 2.90. The van der Waals surface area contributed by atoms with Gasteiger partial charge in [0.2, 0.25) is 0 Å². The Kier molecular flexibility index (Phi) is 5.91. The van der Waals surface area contributed by atoms with Crippen LogP contribution in [0.25, 0.3) is 0 Å². The highest BCUT2D eigenvalue weighted by Crippen LogP contribution is 2.55. The number of hydrogen-bond donors (Lipinski definition) is 1. The molecular formula is C26H24ClN3O3S. The highest BCUT2D eigenvalue weighted by Gasteiger charge is 2.59. The summed E-state index contributed by atoms with van der Waals surface area (Å²) in [6, 6.07) is 20.4. The Morgan fingerprint density at radius 1 is 1.15 bits per heavy atom. The van der Waals surface area contributed by atoms with Gasteiger partial charge in [0.15, 0.2) is 4.87 Å². The van der Waals surface area contributed by atoms with Gasteiger partial charge in [-0.2, -0.15) is 0 Å². The number of carbonyl (C=O) groups excluding carboxylic acids is 2. The molecule has 0 unspecified atom stereocenters. The maximum absolute atomic E-state index is 14.1. The monoisotopic (exact) mass is 493 g/mol. The van der Waals surface area contributed by atoms with Crippen LogP contribution in [0.1, 0.15) is 16.7 Å². The lowest BCUT2D eigenvalue weighted by molar-refractivity contribution is -0.123. The van der Waals surface area contributed by atoms with Crippen molar-refractivity contribution in [3.05, 3.63) is 88.4 Å². The first-order valence-electron chi connectivity index (χ1n) is 11.0. The van der Waals surface area contributed by atoms with Crippen molar-refractivity contribution in [1.82, 2.24) is 4.90 Å². The Bertz CT molecular complexity index is 1270. The van der Waals surface area contributed by atoms with Crippen LogP contribution < -0.4 is 15.0 Å². The predicted molar refractivity (Wildman–Crippen MR) is 137 cm³/mol. The average Bonchev–Trinajstić information content (AvgIpc) is 3.37. The van der Waals surface area contributed by atoms with E-state index in [1.165, 1.54) is 11.8 Å². The van der Waals surface area contributed by atoms with E-state index < -0.39 is 4.87 Å². The zero-order chi connectivity index (χ0) is 23.9. The summed E-state index contributed by atoms with van der Waals surface area (Å²) in [5.74, 6) is 1.16. The largest absolute Gasteiger partial charge is 0.497 e. The molecule has 3 aromatic carbocycles. The third-order valence-electron chi connectivity index (χ3n) is 6.18. The first-order chi connectivity index (χ1) is 16.4. The van der Waals surface area contributed by atoms with E-state index >= 15 is 0 Å². The summed E-state index contributed by atoms with van der Waals surface area (Å²) in [6.07, 6.45) is 0. The molecule has 2 heterocycles. The Morgan fingerprint density at radius 3 is 2.68 bits per heavy atom. The van der Waals surface area contributed by atoms with E-state index in [0.717, 1.165) is 22.4 Å². The van der Waals surface area contributed by atoms with Crippen LogP contribution in [-0.4, -0.2) is 36.2 Å². The minimum atomic E-state index is -1.16. The number of benzene rings is 3. The van der Waals surface area contributed by atoms with E-state index in [-0.39, 0.29) is 11.9 Å². The van der Waals surface area contributed by atoms with Gasteiger partial charge in [0.1, 0.15) is 5.75 Å². The number of hydrogen-bond acceptors (Lipinski definition) is 4. The van der Waals surface area contributed by atoms with Crippen molar-refractivity contribution in [2.45, 2.75) is 18.3 Å². The van der Waals surface area contributed by atoms with Gasteiger partial charge in [0.25, 0.3) is 5.91 Å². The summed E-state index contributed by atoms with van der Waals surface area (Å²) in [5.41, 5.74) is 4.33. The first-order valence-corrected chi connectivity index (χ1v) is 12.3. The Labute approximate surface area is 207 Å². The molecule has 2 aliphatic rings. The molecule has 6 nitrogen and oxygen atoms in total. The topological polar surface area (TPSA) is 61.9 Å². The molecule has 2 aliphatic heterocycles. The number of nitrogens with zero attached hydrogens (tertiary/aromatic N) is 2. The summed E-state index contributed by atoms with van der Waals surface area (Å²) >= 11 is 7.58. The average molecular weight is 494 g/mol. The lowest BCUT2D eigenvalue weighted by Gasteiger charge is -2.33. The van der Waals surface area contributed by atoms with E-state index in [2.05, 4.69) is 5.32 Å². The lowest BCUT2D eigenvalue weighted by atomic mass is 10.1. The number of fused-ring (bicyclic) bond motifs is 2. The third-order valence-corrected chi connectivity index (χ3v) is 7.84. The van der Waals surface area contributed by atoms with Gasteiger partial charge in [-0.1, -0.05) is 47.5 Å². The van der Waals surface area contributed by atoms with Crippen LogP contribution in [-0.2, 0) is 16.2 Å². The molecule has 0 saturated carbocycles. The van der Waals surface area contributed by atoms with Gasteiger partial charge in [-0.15, -0.1) is 11.8 Å². The highest BCUT2D eigenvalue weighted by molar-refractivity contribution is 8.01. The molecule has 1 N–H and O–H groups in total. The van der Waals surface area contributed by atoms with Crippen LogP contribution in [0.3, 0.4) is 0 Å². The Morgan fingerprint density at radius 2 is 1.94 bits per heavy atom. The van der Waals surface area contributed by atoms with Gasteiger partial charge in [0.05, 0.1) is 19.3 Å². The molecule has 5 rings (SSSR count). The number of rotatable bonds is 4. The number of aryl methyl sites for hydroxylation is 1. The van der Waals surface area contributed by atoms with Crippen molar-refractivity contribution in [3.63, 3.8) is 0 Å². The van der Waals surface area contributed by atoms with Crippen molar-refractivity contribution in [2.75, 3.05) is 29.6 Å². The lowest BCUT2D eigenvalue weighted by Crippen LogP contribution is -2.51. The van der Waals surface area contributed by atoms with E-state index in [0.29, 0.717) is 35.3 Å². The number of ether oxygens (including phenoxy) is 1. The van der Waals surface area contributed by atoms with Crippen molar-refractivity contribution >= 4 is 46.7 Å². The fourth-order valence-corrected chi connectivity index (χ4v) is 6.15. The maximum Gasteiger partial charge on any atom is 0.323 e. The second-order valence-corrected chi connectivity index (χ2v) is 10.1. The molecule has 1 fully saturated rings. The molecule has 8 heteroatoms. The second kappa shape index (κ2) is 8.89. The van der Waals surface area contributed by atoms with Crippen LogP contribution in [0.5, 0.6) is 5.75 Å². The summed E-state index contributed by atoms with van der Waals surface area (Å²) in [7, 11) is 1.60. The molecule has 1 spiro atoms. The molecule has 0 aromatic heterocycles. The van der Waals surface area contributed by atoms with Crippen molar-refractivity contribution in [2.24, 2.45) is 0 Å². The highest BCUT2D eigenvalue weighted by atomic mass is 35.5. The number of methoxy groups -OCH3 is 1. The minimum Gasteiger partial charge on any atom is -0.497 e. The van der Waals surface area contributed by atoms with Crippen LogP contribution in [0.2, 0.25) is 5.02 Å². The standard InChI is InChI=1S/C26H24ClN3O3S/c1-17-6-8-18(9-7-17)16-29-23-11-10-21(33-2)15-22(23)26(24(29)31)30(12-13-34-26)25(32)28-20-5-3-4-19(27)14-20/h3-11,14-15H,12-13,16H2,1-2H3,(H,28,32)/t26-/m1/s1. The molecule has 3 amide bonds. The van der Waals surface area contributed by atoms with Gasteiger partial charge in [-0.3, -0.25) is 9.69 Å². The number of thioether (sulfide) groups is 1. The third kappa shape index (κ3) is 3.79. The first kappa shape index (κ1) is 22.6. The normalized spacial score (nSPS) is 19.0. The SMILES string of the molecule is COc1ccc2c(c1)[C@@]1(SCCN1C(=O)Nc1cccc(Cl)c1)C(=O)N2Cc1ccc(C)cc1. The molecule has 3 aromatic rings. The molecule has 0 bridgehead atoms. The van der Waals surface area contributed by atoms with Gasteiger partial charge < -0.3 is 15.0 Å². The Hall–Kier alpha value is -3.16. The summed E-state index contributed by atoms with van der Waals surface area (Å²) < 4.78 is 5.48. The van der Waals surface area contributed by atoms with Gasteiger partial charge in [0, 0.05) is 28.6 Å². The molecular weight excluding hydrogens is 470 g/mol. The van der Waals surface area contributed by atoms with Gasteiger partial charge in [-0.05, 0) is 48.9 Å². The number of amides is 3. The van der Waals surface area contributed by atoms with Crippen LogP contribution in [0, 0.1) is 6.92 Å². The van der Waals surface area contributed by atoms with E-state index in [1.54, 1.807) is 41.2 Å². The van der Waals surface area contributed by atoms with Gasteiger partial charge in [-0.25, -0.2) is 4.79 Å². The van der Waals surface area contributed by atoms with E-state index in [1.807, 2.05) is 49.4 Å². The fraction of sp³-hybridized carbons (Fsp3) is 0.231. The van der Waals surface area contributed by atoms with Crippen molar-refractivity contribution in [3.8, 4) is 5.75 Å². The quantitative estimate of drug-likeness (QED) is 0.511. The molecule has 174 valence electrons. The van der Waals surface area contributed by atoms with E-state index in [9.17, 15) is 9.59 Å². The van der Waals surface area contributed by atoms with Crippen LogP contribution in [0.15, 0.2) is 66.7 Å². The summed E-state index contributed by atoms with van der Waals surface area (Å²) in [5, 5.41) is 3.44. The zero-order valence-corrected chi connectivity index (χ0v) is 20.4. The zero-order valence-electron chi connectivity index (χ0n) is 18.9. The minimum absolute atomic E-state index is 0.125. The molecule has 0 radical (unpaired) electrons. The smallest absolute Gasteiger partial charge is 0.323 e. The fourth-order valence-electron chi connectivity index (χ4n) is 4.51. The van der Waals surface area contributed by atoms with E-state index in [4.69, 9.17) is 16.3 Å². The maximum atomic E-state index is 14.1. The second-order valence-electron chi connectivity index (χ2n) is 8.34.